The third-order valence-corrected chi connectivity index (χ3v) is 3.51. The number of carboxylic acids is 1. The van der Waals surface area contributed by atoms with E-state index < -0.39 is 5.97 Å². The number of carboxylic acid groups (broad SMARTS) is 1. The van der Waals surface area contributed by atoms with E-state index in [1.54, 1.807) is 12.1 Å². The number of hydrogen-bond acceptors (Lipinski definition) is 3. The molecular formula is C13H18N2O2. The first kappa shape index (κ1) is 12.1. The van der Waals surface area contributed by atoms with E-state index in [0.717, 1.165) is 18.5 Å². The molecule has 1 aromatic carbocycles. The lowest BCUT2D eigenvalue weighted by atomic mass is 9.86. The summed E-state index contributed by atoms with van der Waals surface area (Å²) >= 11 is 0. The van der Waals surface area contributed by atoms with Gasteiger partial charge in [-0.3, -0.25) is 0 Å². The van der Waals surface area contributed by atoms with Crippen molar-refractivity contribution in [3.05, 3.63) is 35.4 Å². The van der Waals surface area contributed by atoms with Crippen molar-refractivity contribution in [2.24, 2.45) is 5.73 Å². The fourth-order valence-corrected chi connectivity index (χ4v) is 2.25. The lowest BCUT2D eigenvalue weighted by Crippen LogP contribution is -2.50. The van der Waals surface area contributed by atoms with E-state index in [4.69, 9.17) is 10.8 Å². The number of nitrogens with two attached hydrogens (primary N) is 1. The van der Waals surface area contributed by atoms with E-state index >= 15 is 0 Å². The predicted molar refractivity (Wildman–Crippen MR) is 66.2 cm³/mol. The Hall–Kier alpha value is -1.39. The van der Waals surface area contributed by atoms with Crippen LogP contribution in [0.3, 0.4) is 0 Å². The fourth-order valence-electron chi connectivity index (χ4n) is 2.25. The lowest BCUT2D eigenvalue weighted by molar-refractivity contribution is 0.0697. The molecule has 0 radical (unpaired) electrons. The summed E-state index contributed by atoms with van der Waals surface area (Å²) in [5.74, 6) is -0.507. The van der Waals surface area contributed by atoms with Crippen LogP contribution in [0.5, 0.6) is 0 Å². The molecule has 3 unspecified atom stereocenters. The van der Waals surface area contributed by atoms with Gasteiger partial charge in [0.2, 0.25) is 0 Å². The molecule has 2 rings (SSSR count). The Morgan fingerprint density at radius 2 is 2.06 bits per heavy atom. The van der Waals surface area contributed by atoms with Crippen molar-refractivity contribution >= 4 is 5.97 Å². The molecule has 4 nitrogen and oxygen atoms in total. The average Bonchev–Trinajstić information content (AvgIpc) is 2.33. The molecule has 1 fully saturated rings. The third kappa shape index (κ3) is 2.65. The molecule has 1 aliphatic rings. The molecule has 1 heterocycles. The zero-order chi connectivity index (χ0) is 12.4. The van der Waals surface area contributed by atoms with Crippen LogP contribution in [0.2, 0.25) is 0 Å². The zero-order valence-corrected chi connectivity index (χ0v) is 9.89. The molecule has 4 N–H and O–H groups in total. The Bertz CT molecular complexity index is 402. The van der Waals surface area contributed by atoms with Crippen molar-refractivity contribution in [1.82, 2.24) is 5.32 Å². The number of aromatic carboxylic acids is 1. The van der Waals surface area contributed by atoms with Crippen molar-refractivity contribution in [3.8, 4) is 0 Å². The topological polar surface area (TPSA) is 75.3 Å². The summed E-state index contributed by atoms with van der Waals surface area (Å²) < 4.78 is 0. The molecule has 0 aromatic heterocycles. The summed E-state index contributed by atoms with van der Waals surface area (Å²) in [6.45, 7) is 3.00. The number of carbonyl (C=O) groups is 1. The maximum atomic E-state index is 10.8. The maximum absolute atomic E-state index is 10.8. The third-order valence-electron chi connectivity index (χ3n) is 3.51. The van der Waals surface area contributed by atoms with E-state index in [1.165, 1.54) is 0 Å². The van der Waals surface area contributed by atoms with Crippen LogP contribution in [0, 0.1) is 0 Å². The lowest BCUT2D eigenvalue weighted by Gasteiger charge is -2.33. The van der Waals surface area contributed by atoms with Crippen LogP contribution in [0.1, 0.15) is 35.2 Å². The number of benzene rings is 1. The van der Waals surface area contributed by atoms with Gasteiger partial charge in [-0.1, -0.05) is 12.1 Å². The second-order valence-corrected chi connectivity index (χ2v) is 4.72. The number of nitrogens with one attached hydrogen (secondary N) is 1. The standard InChI is InChI=1S/C13H18N2O2/c1-8-12(14)6-11(7-15-8)9-2-4-10(5-3-9)13(16)17/h2-5,8,11-12,15H,6-7,14H2,1H3,(H,16,17). The molecule has 0 amide bonds. The van der Waals surface area contributed by atoms with Crippen LogP contribution in [0.4, 0.5) is 0 Å². The van der Waals surface area contributed by atoms with Gasteiger partial charge in [-0.25, -0.2) is 4.79 Å². The summed E-state index contributed by atoms with van der Waals surface area (Å²) in [4.78, 5) is 10.8. The highest BCUT2D eigenvalue weighted by atomic mass is 16.4. The Kier molecular flexibility index (Phi) is 3.45. The molecule has 1 aromatic rings. The van der Waals surface area contributed by atoms with Crippen molar-refractivity contribution in [3.63, 3.8) is 0 Å². The van der Waals surface area contributed by atoms with Crippen LogP contribution < -0.4 is 11.1 Å². The zero-order valence-electron chi connectivity index (χ0n) is 9.89. The molecule has 0 saturated carbocycles. The van der Waals surface area contributed by atoms with Crippen LogP contribution in [-0.4, -0.2) is 29.7 Å². The van der Waals surface area contributed by atoms with Crippen LogP contribution in [-0.2, 0) is 0 Å². The monoisotopic (exact) mass is 234 g/mol. The summed E-state index contributed by atoms with van der Waals surface area (Å²) in [7, 11) is 0. The Morgan fingerprint density at radius 3 is 2.59 bits per heavy atom. The van der Waals surface area contributed by atoms with Gasteiger partial charge in [0.1, 0.15) is 0 Å². The largest absolute Gasteiger partial charge is 0.478 e. The molecule has 3 atom stereocenters. The highest BCUT2D eigenvalue weighted by molar-refractivity contribution is 5.87. The maximum Gasteiger partial charge on any atom is 0.335 e. The summed E-state index contributed by atoms with van der Waals surface area (Å²) in [5, 5.41) is 12.2. The fraction of sp³-hybridized carbons (Fsp3) is 0.462. The number of piperidine rings is 1. The van der Waals surface area contributed by atoms with E-state index in [0.29, 0.717) is 17.5 Å². The van der Waals surface area contributed by atoms with Gasteiger partial charge in [-0.05, 0) is 37.0 Å². The van der Waals surface area contributed by atoms with E-state index in [-0.39, 0.29) is 6.04 Å². The Morgan fingerprint density at radius 1 is 1.41 bits per heavy atom. The number of hydrogen-bond donors (Lipinski definition) is 3. The minimum atomic E-state index is -0.886. The van der Waals surface area contributed by atoms with Crippen molar-refractivity contribution < 1.29 is 9.90 Å². The average molecular weight is 234 g/mol. The minimum absolute atomic E-state index is 0.160. The molecule has 1 aliphatic heterocycles. The van der Waals surface area contributed by atoms with Gasteiger partial charge >= 0.3 is 5.97 Å². The molecule has 0 bridgehead atoms. The normalized spacial score (nSPS) is 28.9. The van der Waals surface area contributed by atoms with Gasteiger partial charge in [0, 0.05) is 18.6 Å². The van der Waals surface area contributed by atoms with Gasteiger partial charge in [-0.15, -0.1) is 0 Å². The molecule has 17 heavy (non-hydrogen) atoms. The van der Waals surface area contributed by atoms with Crippen LogP contribution in [0.25, 0.3) is 0 Å². The second kappa shape index (κ2) is 4.85. The van der Waals surface area contributed by atoms with Gasteiger partial charge in [0.05, 0.1) is 5.56 Å². The highest BCUT2D eigenvalue weighted by Gasteiger charge is 2.25. The Labute approximate surface area is 101 Å². The first-order valence-corrected chi connectivity index (χ1v) is 5.90. The van der Waals surface area contributed by atoms with Gasteiger partial charge < -0.3 is 16.2 Å². The van der Waals surface area contributed by atoms with E-state index in [9.17, 15) is 4.79 Å². The quantitative estimate of drug-likeness (QED) is 0.718. The van der Waals surface area contributed by atoms with E-state index in [2.05, 4.69) is 12.2 Å². The van der Waals surface area contributed by atoms with Crippen molar-refractivity contribution in [2.75, 3.05) is 6.54 Å². The molecule has 4 heteroatoms. The Balaban J connectivity index is 2.10. The molecular weight excluding hydrogens is 216 g/mol. The van der Waals surface area contributed by atoms with Gasteiger partial charge in [0.15, 0.2) is 0 Å². The van der Waals surface area contributed by atoms with Crippen LogP contribution in [0.15, 0.2) is 24.3 Å². The SMILES string of the molecule is CC1NCC(c2ccc(C(=O)O)cc2)CC1N. The smallest absolute Gasteiger partial charge is 0.335 e. The molecule has 0 aliphatic carbocycles. The van der Waals surface area contributed by atoms with Gasteiger partial charge in [-0.2, -0.15) is 0 Å². The first-order chi connectivity index (χ1) is 8.08. The van der Waals surface area contributed by atoms with Crippen molar-refractivity contribution in [2.45, 2.75) is 31.3 Å². The van der Waals surface area contributed by atoms with Crippen LogP contribution >= 0.6 is 0 Å². The van der Waals surface area contributed by atoms with Crippen molar-refractivity contribution in [1.29, 1.82) is 0 Å². The minimum Gasteiger partial charge on any atom is -0.478 e. The predicted octanol–water partition coefficient (Wildman–Crippen LogP) is 1.18. The molecule has 0 spiro atoms. The first-order valence-electron chi connectivity index (χ1n) is 5.90. The van der Waals surface area contributed by atoms with Gasteiger partial charge in [0.25, 0.3) is 0 Å². The summed E-state index contributed by atoms with van der Waals surface area (Å²) in [6, 6.07) is 7.59. The molecule has 1 saturated heterocycles. The second-order valence-electron chi connectivity index (χ2n) is 4.72. The summed E-state index contributed by atoms with van der Waals surface area (Å²) in [6.07, 6.45) is 0.945. The highest BCUT2D eigenvalue weighted by Crippen LogP contribution is 2.24. The summed E-state index contributed by atoms with van der Waals surface area (Å²) in [5.41, 5.74) is 7.51. The number of rotatable bonds is 2. The molecule has 92 valence electrons. The van der Waals surface area contributed by atoms with E-state index in [1.807, 2.05) is 12.1 Å².